The van der Waals surface area contributed by atoms with Gasteiger partial charge in [0.1, 0.15) is 11.6 Å². The topological polar surface area (TPSA) is 50.3 Å². The summed E-state index contributed by atoms with van der Waals surface area (Å²) in [6.45, 7) is 6.27. The van der Waals surface area contributed by atoms with E-state index in [-0.39, 0.29) is 0 Å². The Kier molecular flexibility index (Phi) is 4.28. The van der Waals surface area contributed by atoms with E-state index in [9.17, 15) is 0 Å². The molecule has 2 rings (SSSR count). The monoisotopic (exact) mass is 236 g/mol. The molecule has 0 unspecified atom stereocenters. The van der Waals surface area contributed by atoms with Gasteiger partial charge in [-0.25, -0.2) is 9.97 Å². The second kappa shape index (κ2) is 5.93. The molecule has 1 aromatic heterocycles. The van der Waals surface area contributed by atoms with E-state index in [4.69, 9.17) is 4.74 Å². The maximum Gasteiger partial charge on any atom is 0.136 e. The van der Waals surface area contributed by atoms with Crippen LogP contribution in [0, 0.1) is 0 Å². The minimum absolute atomic E-state index is 0.782. The third kappa shape index (κ3) is 2.92. The van der Waals surface area contributed by atoms with Crippen LogP contribution >= 0.6 is 0 Å². The van der Waals surface area contributed by atoms with Gasteiger partial charge in [-0.3, -0.25) is 0 Å². The van der Waals surface area contributed by atoms with Crippen molar-refractivity contribution >= 4 is 5.82 Å². The zero-order valence-corrected chi connectivity index (χ0v) is 10.6. The normalized spacial score (nSPS) is 16.2. The molecule has 1 fully saturated rings. The van der Waals surface area contributed by atoms with Crippen LogP contribution in [0.2, 0.25) is 0 Å². The summed E-state index contributed by atoms with van der Waals surface area (Å²) in [5.74, 6) is 1.97. The van der Waals surface area contributed by atoms with Crippen molar-refractivity contribution in [2.75, 3.05) is 38.3 Å². The zero-order chi connectivity index (χ0) is 12.1. The van der Waals surface area contributed by atoms with Crippen LogP contribution in [0.25, 0.3) is 0 Å². The van der Waals surface area contributed by atoms with E-state index in [1.807, 2.05) is 13.2 Å². The average Bonchev–Trinajstić information content (AvgIpc) is 2.40. The van der Waals surface area contributed by atoms with Gasteiger partial charge < -0.3 is 15.0 Å². The highest BCUT2D eigenvalue weighted by molar-refractivity contribution is 5.46. The van der Waals surface area contributed by atoms with Gasteiger partial charge in [-0.2, -0.15) is 0 Å². The van der Waals surface area contributed by atoms with Gasteiger partial charge >= 0.3 is 0 Å². The SMILES string of the molecule is CCc1ncc(CNC)c(N2CCOCC2)n1. The third-order valence-corrected chi connectivity index (χ3v) is 2.89. The molecule has 17 heavy (non-hydrogen) atoms. The maximum absolute atomic E-state index is 5.38. The first kappa shape index (κ1) is 12.3. The van der Waals surface area contributed by atoms with Crippen molar-refractivity contribution in [1.82, 2.24) is 15.3 Å². The van der Waals surface area contributed by atoms with Crippen molar-refractivity contribution < 1.29 is 4.74 Å². The number of aromatic nitrogens is 2. The van der Waals surface area contributed by atoms with Crippen molar-refractivity contribution in [3.05, 3.63) is 17.6 Å². The molecule has 0 radical (unpaired) electrons. The number of aryl methyl sites for hydroxylation is 1. The van der Waals surface area contributed by atoms with E-state index >= 15 is 0 Å². The molecule has 5 heteroatoms. The number of anilines is 1. The Morgan fingerprint density at radius 3 is 2.82 bits per heavy atom. The molecule has 0 aromatic carbocycles. The van der Waals surface area contributed by atoms with Crippen LogP contribution in [0.15, 0.2) is 6.20 Å². The van der Waals surface area contributed by atoms with Crippen molar-refractivity contribution in [3.8, 4) is 0 Å². The molecule has 0 aliphatic carbocycles. The Balaban J connectivity index is 2.26. The Morgan fingerprint density at radius 1 is 1.41 bits per heavy atom. The van der Waals surface area contributed by atoms with Gasteiger partial charge in [0, 0.05) is 37.8 Å². The number of morpholine rings is 1. The van der Waals surface area contributed by atoms with Crippen LogP contribution in [-0.4, -0.2) is 43.3 Å². The highest BCUT2D eigenvalue weighted by atomic mass is 16.5. The first-order valence-electron chi connectivity index (χ1n) is 6.17. The molecule has 0 bridgehead atoms. The Bertz CT molecular complexity index is 364. The first-order chi connectivity index (χ1) is 8.35. The summed E-state index contributed by atoms with van der Waals surface area (Å²) in [6.07, 6.45) is 2.81. The molecule has 1 saturated heterocycles. The Labute approximate surface area is 102 Å². The van der Waals surface area contributed by atoms with Gasteiger partial charge in [0.05, 0.1) is 13.2 Å². The summed E-state index contributed by atoms with van der Waals surface area (Å²) in [7, 11) is 1.94. The molecule has 1 aliphatic rings. The van der Waals surface area contributed by atoms with E-state index < -0.39 is 0 Å². The van der Waals surface area contributed by atoms with E-state index in [1.165, 1.54) is 0 Å². The van der Waals surface area contributed by atoms with Crippen LogP contribution in [0.4, 0.5) is 5.82 Å². The molecule has 0 saturated carbocycles. The molecule has 0 amide bonds. The van der Waals surface area contributed by atoms with Gasteiger partial charge in [-0.05, 0) is 7.05 Å². The molecule has 0 atom stereocenters. The minimum Gasteiger partial charge on any atom is -0.378 e. The highest BCUT2D eigenvalue weighted by Crippen LogP contribution is 2.18. The molecule has 1 aromatic rings. The van der Waals surface area contributed by atoms with E-state index in [2.05, 4.69) is 27.1 Å². The van der Waals surface area contributed by atoms with E-state index in [0.29, 0.717) is 0 Å². The number of ether oxygens (including phenoxy) is 1. The van der Waals surface area contributed by atoms with E-state index in [0.717, 1.165) is 56.5 Å². The molecule has 5 nitrogen and oxygen atoms in total. The molecular weight excluding hydrogens is 216 g/mol. The quantitative estimate of drug-likeness (QED) is 0.829. The summed E-state index contributed by atoms with van der Waals surface area (Å²) in [5.41, 5.74) is 1.16. The fourth-order valence-electron chi connectivity index (χ4n) is 1.97. The number of nitrogens with one attached hydrogen (secondary N) is 1. The summed E-state index contributed by atoms with van der Waals surface area (Å²) in [5, 5.41) is 3.16. The second-order valence-corrected chi connectivity index (χ2v) is 4.12. The smallest absolute Gasteiger partial charge is 0.136 e. The molecule has 2 heterocycles. The summed E-state index contributed by atoms with van der Waals surface area (Å²) in [4.78, 5) is 11.3. The zero-order valence-electron chi connectivity index (χ0n) is 10.6. The van der Waals surface area contributed by atoms with Crippen molar-refractivity contribution in [2.24, 2.45) is 0 Å². The average molecular weight is 236 g/mol. The summed E-state index contributed by atoms with van der Waals surface area (Å²) < 4.78 is 5.38. The molecular formula is C12H20N4O. The third-order valence-electron chi connectivity index (χ3n) is 2.89. The lowest BCUT2D eigenvalue weighted by atomic mass is 10.2. The van der Waals surface area contributed by atoms with Crippen molar-refractivity contribution in [1.29, 1.82) is 0 Å². The Hall–Kier alpha value is -1.20. The lowest BCUT2D eigenvalue weighted by molar-refractivity contribution is 0.122. The largest absolute Gasteiger partial charge is 0.378 e. The van der Waals surface area contributed by atoms with Gasteiger partial charge in [0.2, 0.25) is 0 Å². The lowest BCUT2D eigenvalue weighted by Gasteiger charge is -2.29. The predicted molar refractivity (Wildman–Crippen MR) is 67.2 cm³/mol. The van der Waals surface area contributed by atoms with Crippen LogP contribution in [0.1, 0.15) is 18.3 Å². The Morgan fingerprint density at radius 2 is 2.18 bits per heavy atom. The summed E-state index contributed by atoms with van der Waals surface area (Å²) in [6, 6.07) is 0. The minimum atomic E-state index is 0.782. The lowest BCUT2D eigenvalue weighted by Crippen LogP contribution is -2.38. The number of rotatable bonds is 4. The molecule has 1 aliphatic heterocycles. The molecule has 0 spiro atoms. The van der Waals surface area contributed by atoms with Gasteiger partial charge in [0.15, 0.2) is 0 Å². The highest BCUT2D eigenvalue weighted by Gasteiger charge is 2.16. The standard InChI is InChI=1S/C12H20N4O/c1-3-11-14-9-10(8-13-2)12(15-11)16-4-6-17-7-5-16/h9,13H,3-8H2,1-2H3. The first-order valence-corrected chi connectivity index (χ1v) is 6.17. The fraction of sp³-hybridized carbons (Fsp3) is 0.667. The number of hydrogen-bond donors (Lipinski definition) is 1. The number of hydrogen-bond acceptors (Lipinski definition) is 5. The molecule has 1 N–H and O–H groups in total. The van der Waals surface area contributed by atoms with Gasteiger partial charge in [-0.15, -0.1) is 0 Å². The van der Waals surface area contributed by atoms with E-state index in [1.54, 1.807) is 0 Å². The van der Waals surface area contributed by atoms with Gasteiger partial charge in [0.25, 0.3) is 0 Å². The van der Waals surface area contributed by atoms with Crippen LogP contribution in [0.3, 0.4) is 0 Å². The molecule has 94 valence electrons. The second-order valence-electron chi connectivity index (χ2n) is 4.12. The number of nitrogens with zero attached hydrogens (tertiary/aromatic N) is 3. The van der Waals surface area contributed by atoms with Crippen LogP contribution in [0.5, 0.6) is 0 Å². The van der Waals surface area contributed by atoms with Crippen LogP contribution in [-0.2, 0) is 17.7 Å². The van der Waals surface area contributed by atoms with Crippen LogP contribution < -0.4 is 10.2 Å². The van der Waals surface area contributed by atoms with Crippen molar-refractivity contribution in [2.45, 2.75) is 19.9 Å². The summed E-state index contributed by atoms with van der Waals surface area (Å²) >= 11 is 0. The predicted octanol–water partition coefficient (Wildman–Crippen LogP) is 0.595. The van der Waals surface area contributed by atoms with Gasteiger partial charge in [-0.1, -0.05) is 6.92 Å². The van der Waals surface area contributed by atoms with Crippen molar-refractivity contribution in [3.63, 3.8) is 0 Å². The fourth-order valence-corrected chi connectivity index (χ4v) is 1.97. The maximum atomic E-state index is 5.38.